The van der Waals surface area contributed by atoms with Crippen molar-refractivity contribution in [2.75, 3.05) is 12.4 Å². The average Bonchev–Trinajstić information content (AvgIpc) is 1.99. The monoisotopic (exact) mass is 241 g/mol. The molecule has 0 aromatic carbocycles. The lowest BCUT2D eigenvalue weighted by atomic mass is 10.3. The van der Waals surface area contributed by atoms with Gasteiger partial charge >= 0.3 is 5.97 Å². The molecule has 0 aromatic rings. The van der Waals surface area contributed by atoms with Gasteiger partial charge in [-0.25, -0.2) is 0 Å². The molecule has 0 amide bonds. The van der Waals surface area contributed by atoms with Gasteiger partial charge in [-0.2, -0.15) is 11.8 Å². The zero-order chi connectivity index (χ0) is 10.5. The van der Waals surface area contributed by atoms with Crippen molar-refractivity contribution >= 4 is 30.1 Å². The summed E-state index contributed by atoms with van der Waals surface area (Å²) in [6, 6.07) is -0.496. The molecule has 0 heterocycles. The van der Waals surface area contributed by atoms with Crippen LogP contribution in [0.4, 0.5) is 0 Å². The lowest BCUT2D eigenvalue weighted by Crippen LogP contribution is -2.35. The fourth-order valence-corrected chi connectivity index (χ4v) is 1.47. The Morgan fingerprint density at radius 1 is 1.50 bits per heavy atom. The van der Waals surface area contributed by atoms with Crippen LogP contribution in [0.2, 0.25) is 0 Å². The van der Waals surface area contributed by atoms with Crippen LogP contribution in [0.3, 0.4) is 0 Å². The Hall–Kier alpha value is 0.0700. The summed E-state index contributed by atoms with van der Waals surface area (Å²) in [6.45, 7) is 8.45. The minimum absolute atomic E-state index is 0. The lowest BCUT2D eigenvalue weighted by molar-refractivity contribution is -0.144. The van der Waals surface area contributed by atoms with E-state index in [0.29, 0.717) is 12.4 Å². The van der Waals surface area contributed by atoms with Crippen molar-refractivity contribution in [2.45, 2.75) is 38.5 Å². The van der Waals surface area contributed by atoms with Crippen LogP contribution in [0.25, 0.3) is 0 Å². The quantitative estimate of drug-likeness (QED) is 0.763. The van der Waals surface area contributed by atoms with Crippen molar-refractivity contribution < 1.29 is 9.53 Å². The highest BCUT2D eigenvalue weighted by Gasteiger charge is 2.18. The van der Waals surface area contributed by atoms with E-state index in [2.05, 4.69) is 20.8 Å². The van der Waals surface area contributed by atoms with Gasteiger partial charge in [0.05, 0.1) is 6.61 Å². The first-order chi connectivity index (χ1) is 5.87. The summed E-state index contributed by atoms with van der Waals surface area (Å²) in [5.41, 5.74) is 5.62. The summed E-state index contributed by atoms with van der Waals surface area (Å²) in [5, 5.41) is 0. The molecule has 0 bridgehead atoms. The number of nitrogens with two attached hydrogens (primary N) is 1. The number of ether oxygens (including phenoxy) is 1. The fraction of sp³-hybridized carbons (Fsp3) is 0.889. The summed E-state index contributed by atoms with van der Waals surface area (Å²) in [5.74, 6) is 0.307. The smallest absolute Gasteiger partial charge is 0.323 e. The highest BCUT2D eigenvalue weighted by molar-refractivity contribution is 8.00. The van der Waals surface area contributed by atoms with Gasteiger partial charge in [0.25, 0.3) is 0 Å². The maximum atomic E-state index is 11.1. The van der Waals surface area contributed by atoms with E-state index in [0.717, 1.165) is 0 Å². The molecule has 5 heteroatoms. The Labute approximate surface area is 96.5 Å². The molecule has 0 aliphatic carbocycles. The van der Waals surface area contributed by atoms with E-state index in [1.165, 1.54) is 0 Å². The van der Waals surface area contributed by atoms with E-state index >= 15 is 0 Å². The predicted octanol–water partition coefficient (Wildman–Crippen LogP) is 1.83. The van der Waals surface area contributed by atoms with Crippen LogP contribution < -0.4 is 5.73 Å². The SMILES string of the molecule is CCOC(=O)[C@@H](N)CSC(C)(C)C.Cl. The second kappa shape index (κ2) is 7.37. The molecule has 1 atom stereocenters. The van der Waals surface area contributed by atoms with Crippen LogP contribution in [-0.4, -0.2) is 29.1 Å². The zero-order valence-electron chi connectivity index (χ0n) is 9.20. The maximum Gasteiger partial charge on any atom is 0.323 e. The highest BCUT2D eigenvalue weighted by atomic mass is 35.5. The number of hydrogen-bond acceptors (Lipinski definition) is 4. The van der Waals surface area contributed by atoms with Gasteiger partial charge in [-0.1, -0.05) is 20.8 Å². The minimum Gasteiger partial charge on any atom is -0.465 e. The van der Waals surface area contributed by atoms with Gasteiger partial charge in [-0.15, -0.1) is 12.4 Å². The second-order valence-corrected chi connectivity index (χ2v) is 5.63. The number of halogens is 1. The van der Waals surface area contributed by atoms with E-state index in [4.69, 9.17) is 10.5 Å². The fourth-order valence-electron chi connectivity index (χ4n) is 0.657. The predicted molar refractivity (Wildman–Crippen MR) is 64.1 cm³/mol. The van der Waals surface area contributed by atoms with Gasteiger partial charge in [-0.05, 0) is 6.92 Å². The van der Waals surface area contributed by atoms with E-state index in [9.17, 15) is 4.79 Å². The molecule has 0 rings (SSSR count). The Bertz CT molecular complexity index is 171. The van der Waals surface area contributed by atoms with Gasteiger partial charge < -0.3 is 10.5 Å². The van der Waals surface area contributed by atoms with Crippen LogP contribution in [-0.2, 0) is 9.53 Å². The van der Waals surface area contributed by atoms with Crippen molar-refractivity contribution in [3.8, 4) is 0 Å². The molecule has 0 aromatic heterocycles. The molecule has 0 saturated heterocycles. The van der Waals surface area contributed by atoms with Crippen LogP contribution in [0.1, 0.15) is 27.7 Å². The van der Waals surface area contributed by atoms with Crippen LogP contribution >= 0.6 is 24.2 Å². The molecule has 3 nitrogen and oxygen atoms in total. The van der Waals surface area contributed by atoms with Gasteiger partial charge in [0.2, 0.25) is 0 Å². The molecule has 0 radical (unpaired) electrons. The normalized spacial score (nSPS) is 12.9. The van der Waals surface area contributed by atoms with E-state index in [1.807, 2.05) is 0 Å². The Morgan fingerprint density at radius 3 is 2.36 bits per heavy atom. The molecule has 0 fully saturated rings. The maximum absolute atomic E-state index is 11.1. The molecule has 0 aliphatic rings. The molecule has 14 heavy (non-hydrogen) atoms. The standard InChI is InChI=1S/C9H19NO2S.ClH/c1-5-12-8(11)7(10)6-13-9(2,3)4;/h7H,5-6,10H2,1-4H3;1H/t7-;/m0./s1. The number of rotatable bonds is 4. The third kappa shape index (κ3) is 8.66. The number of thioether (sulfide) groups is 1. The van der Waals surface area contributed by atoms with Gasteiger partial charge in [0.1, 0.15) is 6.04 Å². The molecule has 86 valence electrons. The second-order valence-electron chi connectivity index (χ2n) is 3.78. The van der Waals surface area contributed by atoms with E-state index < -0.39 is 6.04 Å². The molecule has 0 unspecified atom stereocenters. The van der Waals surface area contributed by atoms with Crippen molar-refractivity contribution in [1.82, 2.24) is 0 Å². The molecule has 0 saturated carbocycles. The Kier molecular flexibility index (Phi) is 8.69. The summed E-state index contributed by atoms with van der Waals surface area (Å²) in [4.78, 5) is 11.1. The van der Waals surface area contributed by atoms with Crippen molar-refractivity contribution in [2.24, 2.45) is 5.73 Å². The third-order valence-corrected chi connectivity index (χ3v) is 2.68. The highest BCUT2D eigenvalue weighted by Crippen LogP contribution is 2.23. The van der Waals surface area contributed by atoms with Crippen molar-refractivity contribution in [1.29, 1.82) is 0 Å². The summed E-state index contributed by atoms with van der Waals surface area (Å²) >= 11 is 1.67. The summed E-state index contributed by atoms with van der Waals surface area (Å²) < 4.78 is 4.93. The minimum atomic E-state index is -0.496. The molecular formula is C9H20ClNO2S. The largest absolute Gasteiger partial charge is 0.465 e. The summed E-state index contributed by atoms with van der Waals surface area (Å²) in [6.07, 6.45) is 0. The first-order valence-corrected chi connectivity index (χ1v) is 5.41. The topological polar surface area (TPSA) is 52.3 Å². The summed E-state index contributed by atoms with van der Waals surface area (Å²) in [7, 11) is 0. The van der Waals surface area contributed by atoms with Crippen molar-refractivity contribution in [3.05, 3.63) is 0 Å². The third-order valence-electron chi connectivity index (χ3n) is 1.29. The number of carbonyl (C=O) groups excluding carboxylic acids is 1. The van der Waals surface area contributed by atoms with Gasteiger partial charge in [-0.3, -0.25) is 4.79 Å². The molecule has 2 N–H and O–H groups in total. The number of carbonyl (C=O) groups is 1. The molecule has 0 aliphatic heterocycles. The number of hydrogen-bond donors (Lipinski definition) is 1. The van der Waals surface area contributed by atoms with Crippen LogP contribution in [0.5, 0.6) is 0 Å². The first kappa shape index (κ1) is 16.5. The Balaban J connectivity index is 0. The Morgan fingerprint density at radius 2 is 2.00 bits per heavy atom. The van der Waals surface area contributed by atoms with Crippen LogP contribution in [0.15, 0.2) is 0 Å². The molecule has 0 spiro atoms. The van der Waals surface area contributed by atoms with Gasteiger partial charge in [0, 0.05) is 10.5 Å². The zero-order valence-corrected chi connectivity index (χ0v) is 10.8. The van der Waals surface area contributed by atoms with E-state index in [1.54, 1.807) is 18.7 Å². The lowest BCUT2D eigenvalue weighted by Gasteiger charge is -2.19. The number of esters is 1. The van der Waals surface area contributed by atoms with Crippen molar-refractivity contribution in [3.63, 3.8) is 0 Å². The molecular weight excluding hydrogens is 222 g/mol. The van der Waals surface area contributed by atoms with Gasteiger partial charge in [0.15, 0.2) is 0 Å². The first-order valence-electron chi connectivity index (χ1n) is 4.43. The van der Waals surface area contributed by atoms with Crippen LogP contribution in [0, 0.1) is 0 Å². The average molecular weight is 242 g/mol. The van der Waals surface area contributed by atoms with E-state index in [-0.39, 0.29) is 23.1 Å².